The van der Waals surface area contributed by atoms with Crippen molar-refractivity contribution in [2.24, 2.45) is 5.16 Å². The van der Waals surface area contributed by atoms with Gasteiger partial charge in [0.05, 0.1) is 0 Å². The second-order valence-corrected chi connectivity index (χ2v) is 0.781. The van der Waals surface area contributed by atoms with E-state index in [9.17, 15) is 4.79 Å². The molecule has 0 amide bonds. The number of carbonyl (C=O) groups excluding carboxylic acids is 1. The lowest BCUT2D eigenvalue weighted by atomic mass is 11.4. The fraction of sp³-hybridized carbons (Fsp3) is 0.667. The third-order valence-electron chi connectivity index (χ3n) is 0.293. The molecule has 0 fully saturated rings. The first-order valence-electron chi connectivity index (χ1n) is 1.76. The van der Waals surface area contributed by atoms with Gasteiger partial charge in [0.1, 0.15) is 0 Å². The van der Waals surface area contributed by atoms with Crippen LogP contribution in [0.4, 0.5) is 0 Å². The van der Waals surface area contributed by atoms with Gasteiger partial charge < -0.3 is 4.74 Å². The molecule has 46 valence electrons. The van der Waals surface area contributed by atoms with Gasteiger partial charge in [0.15, 0.2) is 6.79 Å². The van der Waals surface area contributed by atoms with Crippen LogP contribution in [0.25, 0.3) is 0 Å². The Balaban J connectivity index is 2.82. The van der Waals surface area contributed by atoms with Crippen molar-refractivity contribution in [1.29, 1.82) is 0 Å². The number of isocyanates is 1. The zero-order valence-electron chi connectivity index (χ0n) is 4.29. The molecular weight excluding hydrogens is 114 g/mol. The minimum atomic E-state index is -0.0643. The van der Waals surface area contributed by atoms with E-state index in [1.54, 1.807) is 0 Å². The predicted molar refractivity (Wildman–Crippen MR) is 22.2 cm³/mol. The van der Waals surface area contributed by atoms with Crippen molar-refractivity contribution in [1.82, 2.24) is 0 Å². The van der Waals surface area contributed by atoms with E-state index in [4.69, 9.17) is 0 Å². The summed E-state index contributed by atoms with van der Waals surface area (Å²) in [6, 6.07) is 0. The van der Waals surface area contributed by atoms with Gasteiger partial charge in [-0.2, -0.15) is 0 Å². The van der Waals surface area contributed by atoms with Gasteiger partial charge in [-0.15, -0.1) is 4.89 Å². The van der Waals surface area contributed by atoms with Crippen molar-refractivity contribution in [2.45, 2.75) is 0 Å². The summed E-state index contributed by atoms with van der Waals surface area (Å²) in [4.78, 5) is 17.1. The van der Waals surface area contributed by atoms with Crippen LogP contribution < -0.4 is 0 Å². The number of methoxy groups -OCH3 is 1. The summed E-state index contributed by atoms with van der Waals surface area (Å²) in [5, 5.41) is 2.60. The van der Waals surface area contributed by atoms with Gasteiger partial charge in [0, 0.05) is 12.3 Å². The van der Waals surface area contributed by atoms with Crippen molar-refractivity contribution >= 4 is 6.08 Å². The summed E-state index contributed by atoms with van der Waals surface area (Å²) in [7, 11) is 1.41. The van der Waals surface area contributed by atoms with Crippen LogP contribution in [0.2, 0.25) is 0 Å². The minimum absolute atomic E-state index is 0.0643. The Kier molecular flexibility index (Phi) is 5.41. The maximum Gasteiger partial charge on any atom is 0.280 e. The molecule has 0 aromatic rings. The number of hydrogen-bond acceptors (Lipinski definition) is 5. The number of rotatable bonds is 4. The van der Waals surface area contributed by atoms with Gasteiger partial charge in [-0.25, -0.2) is 9.78 Å². The van der Waals surface area contributed by atoms with Crippen molar-refractivity contribution in [2.75, 3.05) is 13.9 Å². The van der Waals surface area contributed by atoms with Crippen LogP contribution in [-0.4, -0.2) is 20.0 Å². The molecule has 5 nitrogen and oxygen atoms in total. The summed E-state index contributed by atoms with van der Waals surface area (Å²) < 4.78 is 4.35. The summed E-state index contributed by atoms with van der Waals surface area (Å²) in [6.45, 7) is -0.0643. The van der Waals surface area contributed by atoms with Crippen LogP contribution in [0.5, 0.6) is 0 Å². The van der Waals surface area contributed by atoms with Gasteiger partial charge in [-0.3, -0.25) is 0 Å². The Bertz CT molecular complexity index is 87.3. The molecule has 5 heteroatoms. The van der Waals surface area contributed by atoms with Gasteiger partial charge in [-0.1, -0.05) is 0 Å². The molecule has 0 saturated carbocycles. The molecule has 0 aliphatic carbocycles. The molecule has 0 bridgehead atoms. The average molecular weight is 119 g/mol. The van der Waals surface area contributed by atoms with E-state index in [0.717, 1.165) is 6.08 Å². The van der Waals surface area contributed by atoms with E-state index in [1.165, 1.54) is 7.11 Å². The third-order valence-corrected chi connectivity index (χ3v) is 0.293. The minimum Gasteiger partial charge on any atom is -0.354 e. The summed E-state index contributed by atoms with van der Waals surface area (Å²) in [5.74, 6) is 0. The van der Waals surface area contributed by atoms with Crippen molar-refractivity contribution < 1.29 is 19.4 Å². The second kappa shape index (κ2) is 6.10. The maximum atomic E-state index is 9.23. The fourth-order valence-electron chi connectivity index (χ4n) is 0.111. The normalized spacial score (nSPS) is 7.62. The maximum absolute atomic E-state index is 9.23. The Labute approximate surface area is 45.7 Å². The lowest BCUT2D eigenvalue weighted by Crippen LogP contribution is -1.92. The van der Waals surface area contributed by atoms with E-state index in [-0.39, 0.29) is 6.79 Å². The van der Waals surface area contributed by atoms with Crippen LogP contribution >= 0.6 is 0 Å². The first-order chi connectivity index (χ1) is 3.91. The molecule has 0 aliphatic heterocycles. The highest BCUT2D eigenvalue weighted by atomic mass is 17.3. The Morgan fingerprint density at radius 1 is 1.75 bits per heavy atom. The standard InChI is InChI=1S/C3H5NO4/c1-6-3-7-8-4-2-5/h3H2,1H3. The van der Waals surface area contributed by atoms with Crippen molar-refractivity contribution in [3.8, 4) is 0 Å². The molecule has 0 aliphatic rings. The fourth-order valence-corrected chi connectivity index (χ4v) is 0.111. The van der Waals surface area contributed by atoms with E-state index in [1.807, 2.05) is 0 Å². The summed E-state index contributed by atoms with van der Waals surface area (Å²) in [6.07, 6.45) is 1.10. The molecule has 0 spiro atoms. The lowest BCUT2D eigenvalue weighted by molar-refractivity contribution is -0.333. The molecular formula is C3H5NO4. The molecule has 0 heterocycles. The van der Waals surface area contributed by atoms with Gasteiger partial charge in [-0.05, 0) is 0 Å². The highest BCUT2D eigenvalue weighted by Crippen LogP contribution is 1.75. The van der Waals surface area contributed by atoms with Gasteiger partial charge in [0.25, 0.3) is 6.08 Å². The summed E-state index contributed by atoms with van der Waals surface area (Å²) in [5.41, 5.74) is 0. The quantitative estimate of drug-likeness (QED) is 0.128. The summed E-state index contributed by atoms with van der Waals surface area (Å²) >= 11 is 0. The SMILES string of the molecule is COCOON=C=O. The molecule has 0 aromatic carbocycles. The Hall–Kier alpha value is -0.900. The van der Waals surface area contributed by atoms with E-state index in [0.29, 0.717) is 0 Å². The largest absolute Gasteiger partial charge is 0.354 e. The molecule has 0 unspecified atom stereocenters. The van der Waals surface area contributed by atoms with E-state index in [2.05, 4.69) is 19.8 Å². The number of hydrogen-bond donors (Lipinski definition) is 0. The molecule has 0 atom stereocenters. The zero-order valence-corrected chi connectivity index (χ0v) is 4.29. The van der Waals surface area contributed by atoms with E-state index < -0.39 is 0 Å². The van der Waals surface area contributed by atoms with Crippen LogP contribution in [0.15, 0.2) is 5.16 Å². The molecule has 0 radical (unpaired) electrons. The third kappa shape index (κ3) is 5.10. The Morgan fingerprint density at radius 2 is 2.50 bits per heavy atom. The molecule has 0 rings (SSSR count). The highest BCUT2D eigenvalue weighted by molar-refractivity contribution is 5.31. The van der Waals surface area contributed by atoms with Crippen LogP contribution in [0.1, 0.15) is 0 Å². The van der Waals surface area contributed by atoms with Crippen LogP contribution in [0.3, 0.4) is 0 Å². The van der Waals surface area contributed by atoms with Gasteiger partial charge >= 0.3 is 0 Å². The highest BCUT2D eigenvalue weighted by Gasteiger charge is 1.77. The number of ether oxygens (including phenoxy) is 1. The van der Waals surface area contributed by atoms with E-state index >= 15 is 0 Å². The zero-order chi connectivity index (χ0) is 6.24. The van der Waals surface area contributed by atoms with Crippen LogP contribution in [0, 0.1) is 0 Å². The number of nitrogens with zero attached hydrogens (tertiary/aromatic N) is 1. The van der Waals surface area contributed by atoms with Crippen molar-refractivity contribution in [3.63, 3.8) is 0 Å². The monoisotopic (exact) mass is 119 g/mol. The first kappa shape index (κ1) is 7.10. The molecule has 8 heavy (non-hydrogen) atoms. The molecule has 0 saturated heterocycles. The smallest absolute Gasteiger partial charge is 0.280 e. The van der Waals surface area contributed by atoms with Gasteiger partial charge in [0.2, 0.25) is 0 Å². The average Bonchev–Trinajstić information content (AvgIpc) is 1.81. The Morgan fingerprint density at radius 3 is 3.00 bits per heavy atom. The second-order valence-electron chi connectivity index (χ2n) is 0.781. The topological polar surface area (TPSA) is 57.1 Å². The molecule has 0 aromatic heterocycles. The lowest BCUT2D eigenvalue weighted by Gasteiger charge is -1.91. The van der Waals surface area contributed by atoms with Crippen molar-refractivity contribution in [3.05, 3.63) is 0 Å². The first-order valence-corrected chi connectivity index (χ1v) is 1.76. The molecule has 0 N–H and O–H groups in total. The van der Waals surface area contributed by atoms with Crippen LogP contribution in [-0.2, 0) is 19.4 Å². The predicted octanol–water partition coefficient (Wildman–Crippen LogP) is -0.211.